The van der Waals surface area contributed by atoms with Gasteiger partial charge in [0, 0.05) is 16.0 Å². The second kappa shape index (κ2) is 7.26. The smallest absolute Gasteiger partial charge is 0.0470 e. The lowest BCUT2D eigenvalue weighted by molar-refractivity contribution is 0.516. The van der Waals surface area contributed by atoms with Crippen LogP contribution in [-0.4, -0.2) is 6.04 Å². The van der Waals surface area contributed by atoms with Crippen LogP contribution in [0.5, 0.6) is 0 Å². The number of halogens is 1. The van der Waals surface area contributed by atoms with Gasteiger partial charge in [0.05, 0.1) is 0 Å². The summed E-state index contributed by atoms with van der Waals surface area (Å²) in [4.78, 5) is 0. The largest absolute Gasteiger partial charge is 0.310 e. The minimum atomic E-state index is 0.287. The second-order valence-corrected chi connectivity index (χ2v) is 8.21. The molecule has 0 aliphatic heterocycles. The van der Waals surface area contributed by atoms with E-state index in [9.17, 15) is 0 Å². The molecule has 2 heteroatoms. The summed E-state index contributed by atoms with van der Waals surface area (Å²) in [5, 5.41) is 3.78. The van der Waals surface area contributed by atoms with Crippen molar-refractivity contribution in [2.24, 2.45) is 0 Å². The highest BCUT2D eigenvalue weighted by Gasteiger charge is 2.28. The average Bonchev–Trinajstić information content (AvgIpc) is 2.97. The van der Waals surface area contributed by atoms with Gasteiger partial charge in [0.1, 0.15) is 0 Å². The molecule has 2 rings (SSSR count). The Balaban J connectivity index is 2.21. The summed E-state index contributed by atoms with van der Waals surface area (Å²) < 4.78 is 0.287. The van der Waals surface area contributed by atoms with Gasteiger partial charge in [-0.15, -0.1) is 0 Å². The summed E-state index contributed by atoms with van der Waals surface area (Å²) >= 11 is 2.68. The highest BCUT2D eigenvalue weighted by molar-refractivity contribution is 14.1. The van der Waals surface area contributed by atoms with E-state index in [0.29, 0.717) is 0 Å². The number of nitrogens with one attached hydrogen (secondary N) is 1. The molecule has 0 aromatic heterocycles. The van der Waals surface area contributed by atoms with Crippen LogP contribution < -0.4 is 5.32 Å². The first kappa shape index (κ1) is 16.3. The lowest BCUT2D eigenvalue weighted by Crippen LogP contribution is -2.28. The van der Waals surface area contributed by atoms with Crippen molar-refractivity contribution in [1.82, 2.24) is 5.32 Å². The number of hydrogen-bond acceptors (Lipinski definition) is 1. The SMILES string of the molecule is CCC(I)(CC)c1c(C)cccc1CNC1CCCC1. The van der Waals surface area contributed by atoms with Crippen LogP contribution >= 0.6 is 22.6 Å². The number of benzene rings is 1. The standard InChI is InChI=1S/C18H28IN/c1-4-18(19,5-2)17-14(3)9-8-10-15(17)13-20-16-11-6-7-12-16/h8-10,16,20H,4-7,11-13H2,1-3H3. The molecule has 1 saturated carbocycles. The van der Waals surface area contributed by atoms with Gasteiger partial charge in [-0.25, -0.2) is 0 Å². The molecule has 0 spiro atoms. The fourth-order valence-electron chi connectivity index (χ4n) is 3.50. The van der Waals surface area contributed by atoms with Gasteiger partial charge in [0.15, 0.2) is 0 Å². The normalized spacial score (nSPS) is 16.8. The lowest BCUT2D eigenvalue weighted by atomic mass is 9.86. The van der Waals surface area contributed by atoms with Crippen LogP contribution in [0.4, 0.5) is 0 Å². The number of rotatable bonds is 6. The van der Waals surface area contributed by atoms with Crippen molar-refractivity contribution in [3.05, 3.63) is 34.9 Å². The fourth-order valence-corrected chi connectivity index (χ4v) is 4.28. The Morgan fingerprint density at radius 2 is 1.85 bits per heavy atom. The summed E-state index contributed by atoms with van der Waals surface area (Å²) in [5.41, 5.74) is 4.54. The van der Waals surface area contributed by atoms with Crippen molar-refractivity contribution >= 4 is 22.6 Å². The Bertz CT molecular complexity index is 431. The lowest BCUT2D eigenvalue weighted by Gasteiger charge is -2.30. The first-order valence-corrected chi connectivity index (χ1v) is 9.20. The highest BCUT2D eigenvalue weighted by atomic mass is 127. The third kappa shape index (κ3) is 3.56. The van der Waals surface area contributed by atoms with Gasteiger partial charge in [0.25, 0.3) is 0 Å². The van der Waals surface area contributed by atoms with Crippen LogP contribution in [0.2, 0.25) is 0 Å². The molecule has 1 aliphatic carbocycles. The molecule has 20 heavy (non-hydrogen) atoms. The van der Waals surface area contributed by atoms with Crippen LogP contribution in [-0.2, 0) is 9.97 Å². The number of hydrogen-bond donors (Lipinski definition) is 1. The molecular formula is C18H28IN. The highest BCUT2D eigenvalue weighted by Crippen LogP contribution is 2.42. The average molecular weight is 385 g/mol. The van der Waals surface area contributed by atoms with Crippen molar-refractivity contribution in [2.75, 3.05) is 0 Å². The van der Waals surface area contributed by atoms with E-state index in [0.717, 1.165) is 12.6 Å². The van der Waals surface area contributed by atoms with Gasteiger partial charge in [-0.1, -0.05) is 67.5 Å². The van der Waals surface area contributed by atoms with Crippen molar-refractivity contribution in [1.29, 1.82) is 0 Å². The van der Waals surface area contributed by atoms with Crippen molar-refractivity contribution in [3.63, 3.8) is 0 Å². The minimum absolute atomic E-state index is 0.287. The van der Waals surface area contributed by atoms with Crippen molar-refractivity contribution in [2.45, 2.75) is 75.3 Å². The summed E-state index contributed by atoms with van der Waals surface area (Å²) in [7, 11) is 0. The topological polar surface area (TPSA) is 12.0 Å². The van der Waals surface area contributed by atoms with E-state index < -0.39 is 0 Å². The summed E-state index contributed by atoms with van der Waals surface area (Å²) in [5.74, 6) is 0. The Morgan fingerprint density at radius 1 is 1.20 bits per heavy atom. The first-order valence-electron chi connectivity index (χ1n) is 8.12. The van der Waals surface area contributed by atoms with E-state index in [-0.39, 0.29) is 3.42 Å². The zero-order valence-electron chi connectivity index (χ0n) is 13.1. The van der Waals surface area contributed by atoms with Crippen LogP contribution in [0, 0.1) is 6.92 Å². The molecule has 0 amide bonds. The molecule has 1 aromatic carbocycles. The van der Waals surface area contributed by atoms with Crippen LogP contribution in [0.1, 0.15) is 69.1 Å². The molecule has 0 unspecified atom stereocenters. The van der Waals surface area contributed by atoms with Crippen molar-refractivity contribution < 1.29 is 0 Å². The summed E-state index contributed by atoms with van der Waals surface area (Å²) in [6.45, 7) is 7.94. The fraction of sp³-hybridized carbons (Fsp3) is 0.667. The number of aryl methyl sites for hydroxylation is 1. The van der Waals surface area contributed by atoms with Crippen LogP contribution in [0.25, 0.3) is 0 Å². The molecule has 1 aliphatic rings. The predicted molar refractivity (Wildman–Crippen MR) is 96.6 cm³/mol. The van der Waals surface area contributed by atoms with E-state index in [2.05, 4.69) is 66.9 Å². The zero-order valence-corrected chi connectivity index (χ0v) is 15.3. The van der Waals surface area contributed by atoms with E-state index in [1.54, 1.807) is 5.56 Å². The molecule has 0 radical (unpaired) electrons. The first-order chi connectivity index (χ1) is 9.60. The van der Waals surface area contributed by atoms with E-state index in [1.807, 2.05) is 0 Å². The zero-order chi connectivity index (χ0) is 14.6. The van der Waals surface area contributed by atoms with Gasteiger partial charge in [-0.2, -0.15) is 0 Å². The Morgan fingerprint density at radius 3 is 2.45 bits per heavy atom. The Labute approximate surface area is 138 Å². The monoisotopic (exact) mass is 385 g/mol. The van der Waals surface area contributed by atoms with Crippen molar-refractivity contribution in [3.8, 4) is 0 Å². The molecule has 0 bridgehead atoms. The number of alkyl halides is 1. The van der Waals surface area contributed by atoms with E-state index in [1.165, 1.54) is 49.7 Å². The summed E-state index contributed by atoms with van der Waals surface area (Å²) in [6.07, 6.45) is 7.92. The molecule has 1 N–H and O–H groups in total. The maximum Gasteiger partial charge on any atom is 0.0470 e. The molecule has 0 atom stereocenters. The molecule has 0 saturated heterocycles. The molecule has 1 aromatic rings. The van der Waals surface area contributed by atoms with Crippen LogP contribution in [0.15, 0.2) is 18.2 Å². The third-order valence-corrected chi connectivity index (χ3v) is 6.93. The van der Waals surface area contributed by atoms with Gasteiger partial charge in [-0.05, 0) is 49.3 Å². The van der Waals surface area contributed by atoms with E-state index in [4.69, 9.17) is 0 Å². The Hall–Kier alpha value is -0.0900. The predicted octanol–water partition coefficient (Wildman–Crippen LogP) is 5.48. The van der Waals surface area contributed by atoms with Gasteiger partial charge in [0.2, 0.25) is 0 Å². The third-order valence-electron chi connectivity index (χ3n) is 4.86. The second-order valence-electron chi connectivity index (χ2n) is 6.14. The maximum atomic E-state index is 3.78. The molecule has 1 fully saturated rings. The Kier molecular flexibility index (Phi) is 5.91. The van der Waals surface area contributed by atoms with Gasteiger partial charge >= 0.3 is 0 Å². The maximum absolute atomic E-state index is 3.78. The van der Waals surface area contributed by atoms with Crippen LogP contribution in [0.3, 0.4) is 0 Å². The van der Waals surface area contributed by atoms with Gasteiger partial charge in [-0.3, -0.25) is 0 Å². The molecular weight excluding hydrogens is 357 g/mol. The molecule has 112 valence electrons. The minimum Gasteiger partial charge on any atom is -0.310 e. The quantitative estimate of drug-likeness (QED) is 0.505. The summed E-state index contributed by atoms with van der Waals surface area (Å²) in [6, 6.07) is 7.55. The van der Waals surface area contributed by atoms with Gasteiger partial charge < -0.3 is 5.32 Å². The molecule has 1 nitrogen and oxygen atoms in total. The molecule has 0 heterocycles. The van der Waals surface area contributed by atoms with E-state index >= 15 is 0 Å².